The van der Waals surface area contributed by atoms with Gasteiger partial charge in [-0.15, -0.1) is 0 Å². The number of hydrogen-bond acceptors (Lipinski definition) is 6. The van der Waals surface area contributed by atoms with Crippen LogP contribution in [0.1, 0.15) is 20.3 Å². The van der Waals surface area contributed by atoms with Crippen molar-refractivity contribution in [2.24, 2.45) is 5.92 Å². The van der Waals surface area contributed by atoms with Crippen LogP contribution in [0.2, 0.25) is 0 Å². The van der Waals surface area contributed by atoms with Gasteiger partial charge in [-0.05, 0) is 18.4 Å². The van der Waals surface area contributed by atoms with Gasteiger partial charge in [-0.2, -0.15) is 4.31 Å². The molecule has 0 saturated carbocycles. The molecule has 10 heteroatoms. The predicted molar refractivity (Wildman–Crippen MR) is 101 cm³/mol. The van der Waals surface area contributed by atoms with E-state index in [9.17, 15) is 23.3 Å². The smallest absolute Gasteiger partial charge is 0.289 e. The summed E-state index contributed by atoms with van der Waals surface area (Å²) in [6.07, 6.45) is 0.910. The van der Waals surface area contributed by atoms with Crippen molar-refractivity contribution in [3.8, 4) is 0 Å². The Morgan fingerprint density at radius 2 is 1.85 bits per heavy atom. The van der Waals surface area contributed by atoms with Crippen molar-refractivity contribution in [3.05, 3.63) is 34.4 Å². The van der Waals surface area contributed by atoms with Crippen LogP contribution in [-0.2, 0) is 14.8 Å². The molecule has 1 fully saturated rings. The molecule has 150 valence electrons. The molecule has 1 aliphatic rings. The van der Waals surface area contributed by atoms with Crippen LogP contribution >= 0.6 is 0 Å². The van der Waals surface area contributed by atoms with E-state index in [4.69, 9.17) is 0 Å². The van der Waals surface area contributed by atoms with Gasteiger partial charge in [-0.3, -0.25) is 19.8 Å². The summed E-state index contributed by atoms with van der Waals surface area (Å²) in [6, 6.07) is 5.34. The molecule has 0 radical (unpaired) electrons. The molecule has 1 aromatic carbocycles. The number of amides is 1. The first-order chi connectivity index (χ1) is 12.7. The van der Waals surface area contributed by atoms with E-state index >= 15 is 0 Å². The average Bonchev–Trinajstić information content (AvgIpc) is 2.61. The second-order valence-electron chi connectivity index (χ2n) is 6.94. The fraction of sp³-hybridized carbons (Fsp3) is 0.588. The van der Waals surface area contributed by atoms with Crippen molar-refractivity contribution in [2.45, 2.75) is 25.2 Å². The Morgan fingerprint density at radius 3 is 2.44 bits per heavy atom. The number of nitrogens with one attached hydrogen (secondary N) is 1. The number of nitro groups is 1. The molecular weight excluding hydrogens is 372 g/mol. The maximum atomic E-state index is 12.8. The molecule has 0 aliphatic carbocycles. The van der Waals surface area contributed by atoms with Crippen molar-refractivity contribution in [3.63, 3.8) is 0 Å². The van der Waals surface area contributed by atoms with E-state index in [0.717, 1.165) is 6.42 Å². The number of hydrogen-bond donors (Lipinski definition) is 1. The molecule has 0 aromatic heterocycles. The average molecular weight is 398 g/mol. The lowest BCUT2D eigenvalue weighted by molar-refractivity contribution is -0.387. The fourth-order valence-electron chi connectivity index (χ4n) is 2.85. The zero-order valence-electron chi connectivity index (χ0n) is 15.6. The van der Waals surface area contributed by atoms with Crippen molar-refractivity contribution in [1.82, 2.24) is 14.5 Å². The molecule has 27 heavy (non-hydrogen) atoms. The highest BCUT2D eigenvalue weighted by Crippen LogP contribution is 2.26. The summed E-state index contributed by atoms with van der Waals surface area (Å²) in [5.41, 5.74) is -0.426. The highest BCUT2D eigenvalue weighted by molar-refractivity contribution is 7.89. The highest BCUT2D eigenvalue weighted by atomic mass is 32.2. The molecule has 1 N–H and O–H groups in total. The van der Waals surface area contributed by atoms with Gasteiger partial charge in [0, 0.05) is 38.8 Å². The number of carbonyl (C=O) groups is 1. The maximum Gasteiger partial charge on any atom is 0.289 e. The Kier molecular flexibility index (Phi) is 7.28. The Hall–Kier alpha value is -2.04. The van der Waals surface area contributed by atoms with Gasteiger partial charge in [0.2, 0.25) is 15.9 Å². The highest BCUT2D eigenvalue weighted by Gasteiger charge is 2.33. The van der Waals surface area contributed by atoms with E-state index in [1.165, 1.54) is 28.6 Å². The van der Waals surface area contributed by atoms with Gasteiger partial charge in [-0.25, -0.2) is 8.42 Å². The van der Waals surface area contributed by atoms with Gasteiger partial charge < -0.3 is 5.32 Å². The van der Waals surface area contributed by atoms with Crippen LogP contribution < -0.4 is 5.32 Å². The number of piperazine rings is 1. The number of nitro benzene ring substituents is 1. The van der Waals surface area contributed by atoms with Crippen LogP contribution in [0, 0.1) is 16.0 Å². The number of rotatable bonds is 8. The second-order valence-corrected chi connectivity index (χ2v) is 8.84. The summed E-state index contributed by atoms with van der Waals surface area (Å²) in [7, 11) is -3.95. The molecule has 9 nitrogen and oxygen atoms in total. The number of benzene rings is 1. The quantitative estimate of drug-likeness (QED) is 0.518. The van der Waals surface area contributed by atoms with E-state index in [2.05, 4.69) is 19.2 Å². The normalized spacial score (nSPS) is 16.4. The van der Waals surface area contributed by atoms with Crippen molar-refractivity contribution < 1.29 is 18.1 Å². The third-order valence-corrected chi connectivity index (χ3v) is 6.37. The zero-order valence-corrected chi connectivity index (χ0v) is 16.4. The molecule has 1 aromatic rings. The van der Waals surface area contributed by atoms with Gasteiger partial charge in [-0.1, -0.05) is 26.0 Å². The second kappa shape index (κ2) is 9.25. The lowest BCUT2D eigenvalue weighted by Gasteiger charge is -2.33. The van der Waals surface area contributed by atoms with E-state index < -0.39 is 20.6 Å². The molecule has 0 spiro atoms. The Labute approximate surface area is 159 Å². The minimum absolute atomic E-state index is 0.0781. The van der Waals surface area contributed by atoms with Gasteiger partial charge in [0.25, 0.3) is 5.69 Å². The molecule has 1 amide bonds. The first-order valence-electron chi connectivity index (χ1n) is 8.94. The summed E-state index contributed by atoms with van der Waals surface area (Å²) in [5, 5.41) is 14.0. The number of para-hydroxylation sites is 1. The number of nitrogens with zero attached hydrogens (tertiary/aromatic N) is 3. The summed E-state index contributed by atoms with van der Waals surface area (Å²) in [5.74, 6) is 0.437. The lowest BCUT2D eigenvalue weighted by Crippen LogP contribution is -2.51. The first kappa shape index (κ1) is 21.3. The van der Waals surface area contributed by atoms with Gasteiger partial charge >= 0.3 is 0 Å². The minimum Gasteiger partial charge on any atom is -0.355 e. The van der Waals surface area contributed by atoms with Crippen LogP contribution in [0.5, 0.6) is 0 Å². The van der Waals surface area contributed by atoms with E-state index in [1.807, 2.05) is 4.90 Å². The molecule has 2 rings (SSSR count). The minimum atomic E-state index is -3.95. The van der Waals surface area contributed by atoms with Gasteiger partial charge in [0.1, 0.15) is 0 Å². The molecule has 0 bridgehead atoms. The number of sulfonamides is 1. The van der Waals surface area contributed by atoms with Crippen LogP contribution in [0.4, 0.5) is 5.69 Å². The topological polar surface area (TPSA) is 113 Å². The largest absolute Gasteiger partial charge is 0.355 e. The van der Waals surface area contributed by atoms with E-state index in [-0.39, 0.29) is 30.4 Å². The fourth-order valence-corrected chi connectivity index (χ4v) is 4.43. The molecule has 0 atom stereocenters. The van der Waals surface area contributed by atoms with Gasteiger partial charge in [0.05, 0.1) is 11.5 Å². The van der Waals surface area contributed by atoms with E-state index in [1.54, 1.807) is 0 Å². The Morgan fingerprint density at radius 1 is 1.22 bits per heavy atom. The van der Waals surface area contributed by atoms with Crippen LogP contribution in [0.15, 0.2) is 29.2 Å². The Balaban J connectivity index is 1.93. The summed E-state index contributed by atoms with van der Waals surface area (Å²) in [4.78, 5) is 24.0. The van der Waals surface area contributed by atoms with Crippen molar-refractivity contribution >= 4 is 21.6 Å². The SMILES string of the molecule is CC(C)CCNC(=O)CN1CCN(S(=O)(=O)c2ccccc2[N+](=O)[O-])CC1. The third kappa shape index (κ3) is 5.72. The lowest BCUT2D eigenvalue weighted by atomic mass is 10.1. The third-order valence-electron chi connectivity index (χ3n) is 4.42. The van der Waals surface area contributed by atoms with Crippen LogP contribution in [0.3, 0.4) is 0 Å². The molecule has 0 unspecified atom stereocenters. The predicted octanol–water partition coefficient (Wildman–Crippen LogP) is 1.06. The zero-order chi connectivity index (χ0) is 20.0. The van der Waals surface area contributed by atoms with Crippen LogP contribution in [0.25, 0.3) is 0 Å². The molecule has 1 aliphatic heterocycles. The van der Waals surface area contributed by atoms with Crippen LogP contribution in [-0.4, -0.2) is 67.7 Å². The van der Waals surface area contributed by atoms with Gasteiger partial charge in [0.15, 0.2) is 4.90 Å². The first-order valence-corrected chi connectivity index (χ1v) is 10.4. The summed E-state index contributed by atoms with van der Waals surface area (Å²) in [6.45, 7) is 6.20. The van der Waals surface area contributed by atoms with E-state index in [0.29, 0.717) is 25.6 Å². The Bertz CT molecular complexity index is 773. The molecule has 1 saturated heterocycles. The van der Waals surface area contributed by atoms with Crippen molar-refractivity contribution in [1.29, 1.82) is 0 Å². The standard InChI is InChI=1S/C17H26N4O5S/c1-14(2)7-8-18-17(22)13-19-9-11-20(12-10-19)27(25,26)16-6-4-3-5-15(16)21(23)24/h3-6,14H,7-13H2,1-2H3,(H,18,22). The maximum absolute atomic E-state index is 12.8. The monoisotopic (exact) mass is 398 g/mol. The molecule has 1 heterocycles. The summed E-state index contributed by atoms with van der Waals surface area (Å²) < 4.78 is 26.8. The van der Waals surface area contributed by atoms with Crippen molar-refractivity contribution in [2.75, 3.05) is 39.3 Å². The molecular formula is C17H26N4O5S. The number of carbonyl (C=O) groups excluding carboxylic acids is 1. The summed E-state index contributed by atoms with van der Waals surface area (Å²) >= 11 is 0.